The summed E-state index contributed by atoms with van der Waals surface area (Å²) in [6.45, 7) is 6.81. The van der Waals surface area contributed by atoms with E-state index >= 15 is 0 Å². The number of carbonyl (C=O) groups is 1. The lowest BCUT2D eigenvalue weighted by molar-refractivity contribution is -0.115. The molecule has 1 amide bonds. The molecule has 0 bridgehead atoms. The summed E-state index contributed by atoms with van der Waals surface area (Å²) in [6.07, 6.45) is 2.73. The number of anilines is 1. The van der Waals surface area contributed by atoms with Crippen LogP contribution in [0.3, 0.4) is 0 Å². The Labute approximate surface area is 92.3 Å². The van der Waals surface area contributed by atoms with Crippen molar-refractivity contribution in [2.24, 2.45) is 0 Å². The second-order valence-corrected chi connectivity index (χ2v) is 3.10. The molecule has 0 atom stereocenters. The Kier molecular flexibility index (Phi) is 3.94. The van der Waals surface area contributed by atoms with Crippen LogP contribution in [0.4, 0.5) is 14.5 Å². The Hall–Kier alpha value is -1.97. The van der Waals surface area contributed by atoms with Gasteiger partial charge in [0.15, 0.2) is 0 Å². The summed E-state index contributed by atoms with van der Waals surface area (Å²) >= 11 is 0. The van der Waals surface area contributed by atoms with Gasteiger partial charge in [-0.3, -0.25) is 4.79 Å². The van der Waals surface area contributed by atoms with Crippen LogP contribution in [0.5, 0.6) is 0 Å². The standard InChI is InChI=1S/C12H11F2NO/c1-3-5-11(16)15-12-8(4-2)6-9(13)7-10(12)14/h3-4,6-7H,1-2,5H2,(H,15,16). The van der Waals surface area contributed by atoms with E-state index in [1.54, 1.807) is 0 Å². The molecule has 4 heteroatoms. The third kappa shape index (κ3) is 2.76. The van der Waals surface area contributed by atoms with E-state index in [9.17, 15) is 13.6 Å². The third-order valence-electron chi connectivity index (χ3n) is 1.90. The van der Waals surface area contributed by atoms with Crippen LogP contribution in [0.15, 0.2) is 31.4 Å². The summed E-state index contributed by atoms with van der Waals surface area (Å²) in [6, 6.07) is 1.80. The van der Waals surface area contributed by atoms with Gasteiger partial charge in [0, 0.05) is 18.1 Å². The minimum absolute atomic E-state index is 0.0629. The van der Waals surface area contributed by atoms with Gasteiger partial charge in [0.1, 0.15) is 11.6 Å². The van der Waals surface area contributed by atoms with Gasteiger partial charge in [0.05, 0.1) is 5.69 Å². The van der Waals surface area contributed by atoms with Crippen LogP contribution in [-0.4, -0.2) is 5.91 Å². The van der Waals surface area contributed by atoms with Crippen LogP contribution in [0.25, 0.3) is 6.08 Å². The molecule has 0 aromatic heterocycles. The number of carbonyl (C=O) groups excluding carboxylic acids is 1. The molecule has 0 aliphatic rings. The molecule has 1 aromatic rings. The van der Waals surface area contributed by atoms with Gasteiger partial charge in [-0.05, 0) is 6.07 Å². The minimum Gasteiger partial charge on any atom is -0.323 e. The molecule has 2 nitrogen and oxygen atoms in total. The van der Waals surface area contributed by atoms with Crippen LogP contribution in [0.2, 0.25) is 0 Å². The monoisotopic (exact) mass is 223 g/mol. The fourth-order valence-electron chi connectivity index (χ4n) is 1.21. The van der Waals surface area contributed by atoms with Crippen molar-refractivity contribution in [2.75, 3.05) is 5.32 Å². The molecule has 1 N–H and O–H groups in total. The molecule has 0 aliphatic heterocycles. The average Bonchev–Trinajstić information content (AvgIpc) is 2.22. The van der Waals surface area contributed by atoms with Gasteiger partial charge < -0.3 is 5.32 Å². The molecule has 1 rings (SSSR count). The third-order valence-corrected chi connectivity index (χ3v) is 1.90. The van der Waals surface area contributed by atoms with Crippen LogP contribution in [0, 0.1) is 11.6 Å². The highest BCUT2D eigenvalue weighted by Crippen LogP contribution is 2.22. The van der Waals surface area contributed by atoms with Gasteiger partial charge in [0.2, 0.25) is 5.91 Å². The van der Waals surface area contributed by atoms with Crippen molar-refractivity contribution < 1.29 is 13.6 Å². The smallest absolute Gasteiger partial charge is 0.228 e. The van der Waals surface area contributed by atoms with Gasteiger partial charge in [-0.25, -0.2) is 8.78 Å². The predicted octanol–water partition coefficient (Wildman–Crippen LogP) is 3.12. The van der Waals surface area contributed by atoms with Crippen molar-refractivity contribution in [3.05, 3.63) is 48.6 Å². The molecule has 0 aliphatic carbocycles. The van der Waals surface area contributed by atoms with Gasteiger partial charge in [-0.1, -0.05) is 18.7 Å². The number of halogens is 2. The Morgan fingerprint density at radius 3 is 2.62 bits per heavy atom. The second-order valence-electron chi connectivity index (χ2n) is 3.10. The number of benzene rings is 1. The molecular formula is C12H11F2NO. The number of nitrogens with one attached hydrogen (secondary N) is 1. The average molecular weight is 223 g/mol. The molecule has 0 spiro atoms. The van der Waals surface area contributed by atoms with Crippen molar-refractivity contribution in [1.29, 1.82) is 0 Å². The first-order valence-electron chi connectivity index (χ1n) is 4.60. The number of hydrogen-bond donors (Lipinski definition) is 1. The SMILES string of the molecule is C=CCC(=O)Nc1c(F)cc(F)cc1C=C. The summed E-state index contributed by atoms with van der Waals surface area (Å²) in [5.41, 5.74) is 0.137. The van der Waals surface area contributed by atoms with Gasteiger partial charge in [-0.15, -0.1) is 6.58 Å². The molecular weight excluding hydrogens is 212 g/mol. The zero-order chi connectivity index (χ0) is 12.1. The van der Waals surface area contributed by atoms with E-state index in [1.807, 2.05) is 0 Å². The van der Waals surface area contributed by atoms with Crippen molar-refractivity contribution in [3.63, 3.8) is 0 Å². The quantitative estimate of drug-likeness (QED) is 0.780. The molecule has 0 saturated heterocycles. The lowest BCUT2D eigenvalue weighted by Crippen LogP contribution is -2.12. The Morgan fingerprint density at radius 1 is 1.38 bits per heavy atom. The van der Waals surface area contributed by atoms with Crippen LogP contribution >= 0.6 is 0 Å². The van der Waals surface area contributed by atoms with Gasteiger partial charge in [-0.2, -0.15) is 0 Å². The highest BCUT2D eigenvalue weighted by Gasteiger charge is 2.11. The van der Waals surface area contributed by atoms with E-state index < -0.39 is 17.5 Å². The first-order valence-corrected chi connectivity index (χ1v) is 4.60. The molecule has 0 radical (unpaired) electrons. The Bertz CT molecular complexity index is 441. The molecule has 0 fully saturated rings. The van der Waals surface area contributed by atoms with Gasteiger partial charge in [0.25, 0.3) is 0 Å². The molecule has 0 saturated carbocycles. The highest BCUT2D eigenvalue weighted by atomic mass is 19.1. The summed E-state index contributed by atoms with van der Waals surface area (Å²) in [5, 5.41) is 2.33. The van der Waals surface area contributed by atoms with Crippen LogP contribution in [-0.2, 0) is 4.79 Å². The zero-order valence-electron chi connectivity index (χ0n) is 8.59. The fourth-order valence-corrected chi connectivity index (χ4v) is 1.21. The first-order chi connectivity index (χ1) is 7.58. The molecule has 0 heterocycles. The Balaban J connectivity index is 3.07. The maximum Gasteiger partial charge on any atom is 0.228 e. The van der Waals surface area contributed by atoms with Gasteiger partial charge >= 0.3 is 0 Å². The fraction of sp³-hybridized carbons (Fsp3) is 0.0833. The van der Waals surface area contributed by atoms with Crippen LogP contribution < -0.4 is 5.32 Å². The van der Waals surface area contributed by atoms with E-state index in [-0.39, 0.29) is 17.7 Å². The van der Waals surface area contributed by atoms with Crippen molar-refractivity contribution >= 4 is 17.7 Å². The van der Waals surface area contributed by atoms with E-state index in [4.69, 9.17) is 0 Å². The lowest BCUT2D eigenvalue weighted by Gasteiger charge is -2.09. The number of amides is 1. The van der Waals surface area contributed by atoms with Crippen molar-refractivity contribution in [3.8, 4) is 0 Å². The van der Waals surface area contributed by atoms with Crippen molar-refractivity contribution in [1.82, 2.24) is 0 Å². The second kappa shape index (κ2) is 5.21. The maximum atomic E-state index is 13.4. The lowest BCUT2D eigenvalue weighted by atomic mass is 10.1. The molecule has 84 valence electrons. The topological polar surface area (TPSA) is 29.1 Å². The van der Waals surface area contributed by atoms with E-state index in [2.05, 4.69) is 18.5 Å². The zero-order valence-corrected chi connectivity index (χ0v) is 8.59. The molecule has 16 heavy (non-hydrogen) atoms. The highest BCUT2D eigenvalue weighted by molar-refractivity contribution is 5.93. The van der Waals surface area contributed by atoms with E-state index in [0.717, 1.165) is 6.07 Å². The summed E-state index contributed by atoms with van der Waals surface area (Å²) in [5.74, 6) is -1.95. The van der Waals surface area contributed by atoms with E-state index in [0.29, 0.717) is 6.07 Å². The molecule has 0 unspecified atom stereocenters. The molecule has 1 aromatic carbocycles. The summed E-state index contributed by atoms with van der Waals surface area (Å²) in [7, 11) is 0. The largest absolute Gasteiger partial charge is 0.323 e. The van der Waals surface area contributed by atoms with E-state index in [1.165, 1.54) is 12.2 Å². The first kappa shape index (κ1) is 12.1. The predicted molar refractivity (Wildman–Crippen MR) is 59.9 cm³/mol. The summed E-state index contributed by atoms with van der Waals surface area (Å²) in [4.78, 5) is 11.2. The van der Waals surface area contributed by atoms with Crippen LogP contribution in [0.1, 0.15) is 12.0 Å². The normalized spacial score (nSPS) is 9.62. The minimum atomic E-state index is -0.827. The maximum absolute atomic E-state index is 13.4. The summed E-state index contributed by atoms with van der Waals surface area (Å²) < 4.78 is 26.2. The van der Waals surface area contributed by atoms with Crippen molar-refractivity contribution in [2.45, 2.75) is 6.42 Å². The Morgan fingerprint density at radius 2 is 2.06 bits per heavy atom. The number of rotatable bonds is 4. The number of hydrogen-bond acceptors (Lipinski definition) is 1.